The van der Waals surface area contributed by atoms with Gasteiger partial charge in [0.15, 0.2) is 5.78 Å². The highest BCUT2D eigenvalue weighted by Gasteiger charge is 2.19. The molecule has 0 spiro atoms. The summed E-state index contributed by atoms with van der Waals surface area (Å²) < 4.78 is 0. The topological polar surface area (TPSA) is 60.2 Å². The van der Waals surface area contributed by atoms with E-state index in [1.165, 1.54) is 25.1 Å². The predicted molar refractivity (Wildman–Crippen MR) is 59.6 cm³/mol. The van der Waals surface area contributed by atoms with Crippen LogP contribution >= 0.6 is 24.2 Å². The fraction of sp³-hybridized carbons (Fsp3) is 0.222. The van der Waals surface area contributed by atoms with Crippen LogP contribution in [0.1, 0.15) is 17.9 Å². The largest absolute Gasteiger partial charge is 0.298 e. The van der Waals surface area contributed by atoms with Crippen molar-refractivity contribution in [2.75, 3.05) is 0 Å². The van der Waals surface area contributed by atoms with Gasteiger partial charge < -0.3 is 0 Å². The minimum atomic E-state index is -0.891. The first-order valence-electron chi connectivity index (χ1n) is 4.05. The van der Waals surface area contributed by atoms with E-state index in [0.717, 1.165) is 0 Å². The van der Waals surface area contributed by atoms with Crippen LogP contribution in [-0.4, -0.2) is 10.7 Å². The van der Waals surface area contributed by atoms with Gasteiger partial charge in [-0.1, -0.05) is 0 Å². The first-order chi connectivity index (χ1) is 6.93. The lowest BCUT2D eigenvalue weighted by atomic mass is 10.1. The molecule has 0 aliphatic heterocycles. The van der Waals surface area contributed by atoms with E-state index in [-0.39, 0.29) is 11.5 Å². The number of halogens is 1. The number of carbonyl (C=O) groups is 1. The number of nitrogens with zero attached hydrogens (tertiary/aromatic N) is 1. The molecule has 1 rings (SSSR count). The van der Waals surface area contributed by atoms with Crippen molar-refractivity contribution in [1.82, 2.24) is 0 Å². The maximum absolute atomic E-state index is 11.0. The van der Waals surface area contributed by atoms with Gasteiger partial charge in [0.25, 0.3) is 5.69 Å². The summed E-state index contributed by atoms with van der Waals surface area (Å²) in [6.07, 6.45) is 0. The molecule has 0 heterocycles. The average molecular weight is 246 g/mol. The lowest BCUT2D eigenvalue weighted by Crippen LogP contribution is -2.03. The van der Waals surface area contributed by atoms with Crippen molar-refractivity contribution >= 4 is 35.7 Å². The molecule has 0 aliphatic rings. The molecular weight excluding hydrogens is 238 g/mol. The molecule has 4 nitrogen and oxygen atoms in total. The fourth-order valence-electron chi connectivity index (χ4n) is 1.08. The first kappa shape index (κ1) is 12.0. The van der Waals surface area contributed by atoms with E-state index in [1.807, 2.05) is 0 Å². The normalized spacial score (nSPS) is 12.2. The number of nitro groups is 1. The highest BCUT2D eigenvalue weighted by molar-refractivity contribution is 7.80. The summed E-state index contributed by atoms with van der Waals surface area (Å²) in [5, 5.41) is 9.62. The molecule has 0 aliphatic carbocycles. The second kappa shape index (κ2) is 4.63. The van der Waals surface area contributed by atoms with E-state index >= 15 is 0 Å². The molecule has 1 atom stereocenters. The fourth-order valence-corrected chi connectivity index (χ4v) is 1.60. The van der Waals surface area contributed by atoms with Crippen LogP contribution in [0.15, 0.2) is 23.1 Å². The van der Waals surface area contributed by atoms with Crippen molar-refractivity contribution in [2.24, 2.45) is 0 Å². The van der Waals surface area contributed by atoms with Gasteiger partial charge in [0.05, 0.1) is 4.92 Å². The number of ketones is 1. The summed E-state index contributed by atoms with van der Waals surface area (Å²) in [7, 11) is 0. The maximum Gasteiger partial charge on any atom is 0.269 e. The number of thiol groups is 1. The Morgan fingerprint density at radius 1 is 1.60 bits per heavy atom. The summed E-state index contributed by atoms with van der Waals surface area (Å²) in [5.74, 6) is -0.271. The zero-order valence-corrected chi connectivity index (χ0v) is 9.46. The number of hydrogen-bond donors (Lipinski definition) is 1. The monoisotopic (exact) mass is 245 g/mol. The van der Waals surface area contributed by atoms with Gasteiger partial charge in [0, 0.05) is 17.0 Å². The Morgan fingerprint density at radius 2 is 2.20 bits per heavy atom. The molecule has 0 saturated heterocycles. The van der Waals surface area contributed by atoms with Crippen molar-refractivity contribution < 1.29 is 9.72 Å². The van der Waals surface area contributed by atoms with Crippen LogP contribution in [-0.2, 0) is 4.79 Å². The molecule has 6 heteroatoms. The zero-order valence-electron chi connectivity index (χ0n) is 7.81. The Hall–Kier alpha value is -1.07. The molecule has 0 N–H and O–H groups in total. The lowest BCUT2D eigenvalue weighted by Gasteiger charge is -2.08. The Labute approximate surface area is 96.8 Å². The molecule has 0 fully saturated rings. The van der Waals surface area contributed by atoms with E-state index < -0.39 is 10.3 Å². The van der Waals surface area contributed by atoms with Crippen LogP contribution < -0.4 is 0 Å². The van der Waals surface area contributed by atoms with Gasteiger partial charge in [0.1, 0.15) is 5.38 Å². The number of benzene rings is 1. The number of Topliss-reactive ketones (excluding diaryl/α,β-unsaturated/α-hetero) is 1. The Bertz CT molecular complexity index is 422. The predicted octanol–water partition coefficient (Wildman–Crippen LogP) is 2.75. The molecular formula is C9H8ClNO3S. The highest BCUT2D eigenvalue weighted by Crippen LogP contribution is 2.30. The van der Waals surface area contributed by atoms with Gasteiger partial charge in [0.2, 0.25) is 0 Å². The molecule has 0 radical (unpaired) electrons. The Morgan fingerprint density at radius 3 is 2.67 bits per heavy atom. The summed E-state index contributed by atoms with van der Waals surface area (Å²) in [5.41, 5.74) is 0.261. The Kier molecular flexibility index (Phi) is 3.71. The minimum Gasteiger partial charge on any atom is -0.298 e. The van der Waals surface area contributed by atoms with Gasteiger partial charge in [-0.3, -0.25) is 14.9 Å². The maximum atomic E-state index is 11.0. The van der Waals surface area contributed by atoms with Crippen LogP contribution in [0.3, 0.4) is 0 Å². The van der Waals surface area contributed by atoms with Gasteiger partial charge in [-0.15, -0.1) is 24.2 Å². The molecule has 1 unspecified atom stereocenters. The SMILES string of the molecule is CC(=O)C(Cl)c1cc([N+](=O)[O-])ccc1S. The van der Waals surface area contributed by atoms with Crippen LogP contribution in [0.2, 0.25) is 0 Å². The number of hydrogen-bond acceptors (Lipinski definition) is 4. The van der Waals surface area contributed by atoms with Gasteiger partial charge in [-0.2, -0.15) is 0 Å². The van der Waals surface area contributed by atoms with E-state index in [2.05, 4.69) is 12.6 Å². The molecule has 0 aromatic heterocycles. The quantitative estimate of drug-likeness (QED) is 0.386. The summed E-state index contributed by atoms with van der Waals surface area (Å²) in [6, 6.07) is 4.03. The highest BCUT2D eigenvalue weighted by atomic mass is 35.5. The van der Waals surface area contributed by atoms with Gasteiger partial charge in [-0.05, 0) is 18.6 Å². The summed E-state index contributed by atoms with van der Waals surface area (Å²) in [4.78, 5) is 21.5. The summed E-state index contributed by atoms with van der Waals surface area (Å²) >= 11 is 9.89. The second-order valence-electron chi connectivity index (χ2n) is 2.97. The standard InChI is InChI=1S/C9H8ClNO3S/c1-5(12)9(10)7-4-6(11(13)14)2-3-8(7)15/h2-4,9,15H,1H3. The molecule has 0 saturated carbocycles. The van der Waals surface area contributed by atoms with Gasteiger partial charge in [-0.25, -0.2) is 0 Å². The van der Waals surface area contributed by atoms with E-state index in [4.69, 9.17) is 11.6 Å². The van der Waals surface area contributed by atoms with Crippen LogP contribution in [0.25, 0.3) is 0 Å². The Balaban J connectivity index is 3.22. The van der Waals surface area contributed by atoms with Gasteiger partial charge >= 0.3 is 0 Å². The summed E-state index contributed by atoms with van der Waals surface area (Å²) in [6.45, 7) is 1.32. The molecule has 80 valence electrons. The van der Waals surface area contributed by atoms with Crippen molar-refractivity contribution in [2.45, 2.75) is 17.2 Å². The average Bonchev–Trinajstić information content (AvgIpc) is 2.16. The number of non-ortho nitro benzene ring substituents is 1. The van der Waals surface area contributed by atoms with Crippen LogP contribution in [0.5, 0.6) is 0 Å². The molecule has 1 aromatic carbocycles. The van der Waals surface area contributed by atoms with E-state index in [9.17, 15) is 14.9 Å². The van der Waals surface area contributed by atoms with Crippen molar-refractivity contribution in [3.63, 3.8) is 0 Å². The first-order valence-corrected chi connectivity index (χ1v) is 4.93. The van der Waals surface area contributed by atoms with Crippen molar-refractivity contribution in [3.8, 4) is 0 Å². The minimum absolute atomic E-state index is 0.102. The molecule has 1 aromatic rings. The smallest absolute Gasteiger partial charge is 0.269 e. The van der Waals surface area contributed by atoms with E-state index in [1.54, 1.807) is 0 Å². The van der Waals surface area contributed by atoms with Crippen LogP contribution in [0, 0.1) is 10.1 Å². The zero-order chi connectivity index (χ0) is 11.6. The number of rotatable bonds is 3. The molecule has 0 amide bonds. The molecule has 0 bridgehead atoms. The van der Waals surface area contributed by atoms with Crippen LogP contribution in [0.4, 0.5) is 5.69 Å². The molecule has 15 heavy (non-hydrogen) atoms. The van der Waals surface area contributed by atoms with Crippen molar-refractivity contribution in [1.29, 1.82) is 0 Å². The number of carbonyl (C=O) groups excluding carboxylic acids is 1. The third-order valence-corrected chi connectivity index (χ3v) is 2.80. The second-order valence-corrected chi connectivity index (χ2v) is 3.89. The lowest BCUT2D eigenvalue weighted by molar-refractivity contribution is -0.385. The van der Waals surface area contributed by atoms with E-state index in [0.29, 0.717) is 10.5 Å². The third-order valence-electron chi connectivity index (χ3n) is 1.85. The number of nitro benzene ring substituents is 1. The van der Waals surface area contributed by atoms with Crippen molar-refractivity contribution in [3.05, 3.63) is 33.9 Å². The third kappa shape index (κ3) is 2.70. The number of alkyl halides is 1.